The van der Waals surface area contributed by atoms with E-state index in [1.54, 1.807) is 0 Å². The standard InChI is InChI=1S/C12H16N2O4/c1-2-3-9(13)11(16)14-7-4-5-10(15)8(6-7)12(17)18/h4-6,9,15H,2-3,13H2,1H3,(H,14,16)(H,17,18). The maximum Gasteiger partial charge on any atom is 0.339 e. The molecule has 98 valence electrons. The zero-order valence-electron chi connectivity index (χ0n) is 10.0. The third-order valence-corrected chi connectivity index (χ3v) is 2.43. The molecule has 0 aliphatic carbocycles. The third-order valence-electron chi connectivity index (χ3n) is 2.43. The summed E-state index contributed by atoms with van der Waals surface area (Å²) in [5.74, 6) is -1.99. The molecule has 5 N–H and O–H groups in total. The van der Waals surface area contributed by atoms with Crippen LogP contribution in [0.15, 0.2) is 18.2 Å². The number of rotatable bonds is 5. The second-order valence-electron chi connectivity index (χ2n) is 3.92. The van der Waals surface area contributed by atoms with Crippen LogP contribution in [0.25, 0.3) is 0 Å². The van der Waals surface area contributed by atoms with Gasteiger partial charge in [0.25, 0.3) is 0 Å². The second kappa shape index (κ2) is 6.02. The van der Waals surface area contributed by atoms with Crippen LogP contribution in [0.4, 0.5) is 5.69 Å². The van der Waals surface area contributed by atoms with Crippen LogP contribution in [-0.4, -0.2) is 28.1 Å². The molecule has 0 fully saturated rings. The first kappa shape index (κ1) is 14.0. The SMILES string of the molecule is CCCC(N)C(=O)Nc1ccc(O)c(C(=O)O)c1. The number of carboxylic acids is 1. The summed E-state index contributed by atoms with van der Waals surface area (Å²) in [7, 11) is 0. The number of aromatic carboxylic acids is 1. The first-order valence-electron chi connectivity index (χ1n) is 5.58. The molecule has 0 saturated heterocycles. The average Bonchev–Trinajstić information content (AvgIpc) is 2.31. The van der Waals surface area contributed by atoms with Crippen molar-refractivity contribution in [3.8, 4) is 5.75 Å². The Morgan fingerprint density at radius 3 is 2.67 bits per heavy atom. The van der Waals surface area contributed by atoms with Gasteiger partial charge in [0.15, 0.2) is 0 Å². The molecule has 0 aliphatic heterocycles. The summed E-state index contributed by atoms with van der Waals surface area (Å²) in [6, 6.07) is 3.19. The highest BCUT2D eigenvalue weighted by Gasteiger charge is 2.15. The number of hydrogen-bond acceptors (Lipinski definition) is 4. The Hall–Kier alpha value is -2.08. The number of carboxylic acid groups (broad SMARTS) is 1. The van der Waals surface area contributed by atoms with E-state index in [4.69, 9.17) is 10.8 Å². The molecule has 0 aromatic heterocycles. The van der Waals surface area contributed by atoms with E-state index in [2.05, 4.69) is 5.32 Å². The number of hydrogen-bond donors (Lipinski definition) is 4. The van der Waals surface area contributed by atoms with E-state index in [1.165, 1.54) is 18.2 Å². The second-order valence-corrected chi connectivity index (χ2v) is 3.92. The van der Waals surface area contributed by atoms with Gasteiger partial charge in [0, 0.05) is 5.69 Å². The van der Waals surface area contributed by atoms with E-state index in [0.717, 1.165) is 6.42 Å². The van der Waals surface area contributed by atoms with Crippen LogP contribution < -0.4 is 11.1 Å². The Morgan fingerprint density at radius 1 is 1.44 bits per heavy atom. The lowest BCUT2D eigenvalue weighted by atomic mass is 10.1. The number of benzene rings is 1. The van der Waals surface area contributed by atoms with Gasteiger partial charge in [-0.15, -0.1) is 0 Å². The average molecular weight is 252 g/mol. The number of nitrogens with two attached hydrogens (primary N) is 1. The molecule has 18 heavy (non-hydrogen) atoms. The van der Waals surface area contributed by atoms with Crippen LogP contribution in [0.2, 0.25) is 0 Å². The number of phenols is 1. The van der Waals surface area contributed by atoms with Crippen molar-refractivity contribution in [2.75, 3.05) is 5.32 Å². The smallest absolute Gasteiger partial charge is 0.339 e. The van der Waals surface area contributed by atoms with Gasteiger partial charge in [0.1, 0.15) is 11.3 Å². The highest BCUT2D eigenvalue weighted by atomic mass is 16.4. The molecule has 1 rings (SSSR count). The fraction of sp³-hybridized carbons (Fsp3) is 0.333. The van der Waals surface area contributed by atoms with Crippen LogP contribution in [0.1, 0.15) is 30.1 Å². The monoisotopic (exact) mass is 252 g/mol. The van der Waals surface area contributed by atoms with Gasteiger partial charge in [-0.25, -0.2) is 4.79 Å². The molecule has 1 atom stereocenters. The molecule has 6 heteroatoms. The summed E-state index contributed by atoms with van der Waals surface area (Å²) in [5.41, 5.74) is 5.65. The normalized spacial score (nSPS) is 11.9. The molecule has 1 aromatic carbocycles. The summed E-state index contributed by atoms with van der Waals surface area (Å²) in [5, 5.41) is 20.6. The van der Waals surface area contributed by atoms with E-state index < -0.39 is 12.0 Å². The van der Waals surface area contributed by atoms with Crippen molar-refractivity contribution in [2.24, 2.45) is 5.73 Å². The molecule has 0 aliphatic rings. The fourth-order valence-electron chi connectivity index (χ4n) is 1.46. The summed E-state index contributed by atoms with van der Waals surface area (Å²) in [4.78, 5) is 22.4. The summed E-state index contributed by atoms with van der Waals surface area (Å²) >= 11 is 0. The van der Waals surface area contributed by atoms with Gasteiger partial charge < -0.3 is 21.3 Å². The molecule has 1 unspecified atom stereocenters. The van der Waals surface area contributed by atoms with Crippen molar-refractivity contribution < 1.29 is 19.8 Å². The number of amides is 1. The summed E-state index contributed by atoms with van der Waals surface area (Å²) in [6.07, 6.45) is 1.33. The van der Waals surface area contributed by atoms with Crippen molar-refractivity contribution in [3.63, 3.8) is 0 Å². The Kier molecular flexibility index (Phi) is 4.67. The lowest BCUT2D eigenvalue weighted by Crippen LogP contribution is -2.35. The van der Waals surface area contributed by atoms with Crippen molar-refractivity contribution in [1.29, 1.82) is 0 Å². The van der Waals surface area contributed by atoms with Gasteiger partial charge in [0.05, 0.1) is 6.04 Å². The first-order chi connectivity index (χ1) is 8.45. The molecule has 0 radical (unpaired) electrons. The Morgan fingerprint density at radius 2 is 2.11 bits per heavy atom. The molecule has 6 nitrogen and oxygen atoms in total. The molecular weight excluding hydrogens is 236 g/mol. The maximum atomic E-state index is 11.6. The highest BCUT2D eigenvalue weighted by molar-refractivity contribution is 5.97. The quantitative estimate of drug-likeness (QED) is 0.587. The summed E-state index contributed by atoms with van der Waals surface area (Å²) in [6.45, 7) is 1.91. The predicted octanol–water partition coefficient (Wildman–Crippen LogP) is 1.16. The lowest BCUT2D eigenvalue weighted by molar-refractivity contribution is -0.117. The van der Waals surface area contributed by atoms with Crippen LogP contribution >= 0.6 is 0 Å². The predicted molar refractivity (Wildman–Crippen MR) is 66.6 cm³/mol. The number of aromatic hydroxyl groups is 1. The van der Waals surface area contributed by atoms with Gasteiger partial charge in [-0.2, -0.15) is 0 Å². The van der Waals surface area contributed by atoms with Gasteiger partial charge in [-0.1, -0.05) is 13.3 Å². The van der Waals surface area contributed by atoms with Crippen molar-refractivity contribution in [3.05, 3.63) is 23.8 Å². The van der Waals surface area contributed by atoms with Crippen LogP contribution in [0.3, 0.4) is 0 Å². The number of carbonyl (C=O) groups is 2. The van der Waals surface area contributed by atoms with Crippen molar-refractivity contribution in [1.82, 2.24) is 0 Å². The molecule has 1 aromatic rings. The van der Waals surface area contributed by atoms with Gasteiger partial charge in [0.2, 0.25) is 5.91 Å². The highest BCUT2D eigenvalue weighted by Crippen LogP contribution is 2.21. The van der Waals surface area contributed by atoms with Crippen LogP contribution in [-0.2, 0) is 4.79 Å². The number of carbonyl (C=O) groups excluding carboxylic acids is 1. The summed E-state index contributed by atoms with van der Waals surface area (Å²) < 4.78 is 0. The Bertz CT molecular complexity index is 459. The maximum absolute atomic E-state index is 11.6. The lowest BCUT2D eigenvalue weighted by Gasteiger charge is -2.11. The number of nitrogens with one attached hydrogen (secondary N) is 1. The minimum atomic E-state index is -1.26. The fourth-order valence-corrected chi connectivity index (χ4v) is 1.46. The molecule has 0 spiro atoms. The molecular formula is C12H16N2O4. The van der Waals surface area contributed by atoms with Crippen LogP contribution in [0.5, 0.6) is 5.75 Å². The van der Waals surface area contributed by atoms with Crippen molar-refractivity contribution >= 4 is 17.6 Å². The largest absolute Gasteiger partial charge is 0.507 e. The van der Waals surface area contributed by atoms with E-state index in [9.17, 15) is 14.7 Å². The third kappa shape index (κ3) is 3.46. The van der Waals surface area contributed by atoms with Crippen molar-refractivity contribution in [2.45, 2.75) is 25.8 Å². The van der Waals surface area contributed by atoms with Gasteiger partial charge >= 0.3 is 5.97 Å². The molecule has 0 heterocycles. The molecule has 0 bridgehead atoms. The zero-order valence-corrected chi connectivity index (χ0v) is 10.0. The van der Waals surface area contributed by atoms with Crippen LogP contribution in [0, 0.1) is 0 Å². The molecule has 1 amide bonds. The minimum Gasteiger partial charge on any atom is -0.507 e. The minimum absolute atomic E-state index is 0.267. The van der Waals surface area contributed by atoms with E-state index in [1.807, 2.05) is 6.92 Å². The number of anilines is 1. The van der Waals surface area contributed by atoms with E-state index >= 15 is 0 Å². The van der Waals surface area contributed by atoms with E-state index in [0.29, 0.717) is 12.1 Å². The zero-order chi connectivity index (χ0) is 13.7. The topological polar surface area (TPSA) is 113 Å². The molecule has 0 saturated carbocycles. The Balaban J connectivity index is 2.82. The Labute approximate surface area is 104 Å². The van der Waals surface area contributed by atoms with Gasteiger partial charge in [-0.05, 0) is 24.6 Å². The van der Waals surface area contributed by atoms with Gasteiger partial charge in [-0.3, -0.25) is 4.79 Å². The van der Waals surface area contributed by atoms with E-state index in [-0.39, 0.29) is 17.2 Å². The first-order valence-corrected chi connectivity index (χ1v) is 5.58.